The van der Waals surface area contributed by atoms with Crippen molar-refractivity contribution in [3.63, 3.8) is 0 Å². The molecule has 1 amide bonds. The maximum atomic E-state index is 12.9. The Hall–Kier alpha value is -1.36. The number of halogens is 1. The molecule has 3 rings (SSSR count). The van der Waals surface area contributed by atoms with E-state index in [2.05, 4.69) is 18.0 Å². The molecule has 142 valence electrons. The maximum absolute atomic E-state index is 12.9. The van der Waals surface area contributed by atoms with Crippen LogP contribution in [0.25, 0.3) is 0 Å². The van der Waals surface area contributed by atoms with E-state index in [1.54, 1.807) is 0 Å². The molecule has 0 radical (unpaired) electrons. The molecule has 2 saturated heterocycles. The summed E-state index contributed by atoms with van der Waals surface area (Å²) in [5.41, 5.74) is 1.96. The molecule has 2 heterocycles. The van der Waals surface area contributed by atoms with Crippen molar-refractivity contribution in [1.82, 2.24) is 5.32 Å². The van der Waals surface area contributed by atoms with Crippen LogP contribution in [0.2, 0.25) is 5.02 Å². The number of carbonyl (C=O) groups is 1. The van der Waals surface area contributed by atoms with Crippen LogP contribution in [0.4, 0.5) is 0 Å². The van der Waals surface area contributed by atoms with Crippen molar-refractivity contribution < 1.29 is 14.3 Å². The van der Waals surface area contributed by atoms with Crippen molar-refractivity contribution in [1.29, 1.82) is 0 Å². The fraction of sp³-hybridized carbons (Fsp3) is 0.571. The van der Waals surface area contributed by atoms with Crippen LogP contribution in [0.5, 0.6) is 0 Å². The lowest BCUT2D eigenvalue weighted by Gasteiger charge is -2.39. The monoisotopic (exact) mass is 377 g/mol. The second-order valence-electron chi connectivity index (χ2n) is 7.51. The van der Waals surface area contributed by atoms with Gasteiger partial charge in [0.15, 0.2) is 0 Å². The van der Waals surface area contributed by atoms with Gasteiger partial charge in [0.2, 0.25) is 5.91 Å². The zero-order chi connectivity index (χ0) is 18.6. The van der Waals surface area contributed by atoms with Crippen molar-refractivity contribution in [3.05, 3.63) is 47.0 Å². The van der Waals surface area contributed by atoms with Crippen LogP contribution in [-0.2, 0) is 19.7 Å². The van der Waals surface area contributed by atoms with Crippen molar-refractivity contribution >= 4 is 17.5 Å². The van der Waals surface area contributed by atoms with E-state index < -0.39 is 0 Å². The largest absolute Gasteiger partial charge is 0.381 e. The van der Waals surface area contributed by atoms with Crippen LogP contribution < -0.4 is 5.32 Å². The number of benzene rings is 1. The number of nitrogens with one attached hydrogen (secondary N) is 1. The molecule has 1 aromatic carbocycles. The zero-order valence-electron chi connectivity index (χ0n) is 15.4. The summed E-state index contributed by atoms with van der Waals surface area (Å²) in [5.74, 6) is -0.0944. The highest BCUT2D eigenvalue weighted by Gasteiger charge is 2.37. The van der Waals surface area contributed by atoms with E-state index in [-0.39, 0.29) is 23.3 Å². The van der Waals surface area contributed by atoms with Gasteiger partial charge in [-0.1, -0.05) is 35.9 Å². The molecule has 2 fully saturated rings. The summed E-state index contributed by atoms with van der Waals surface area (Å²) < 4.78 is 11.4. The fourth-order valence-corrected chi connectivity index (χ4v) is 4.26. The molecule has 2 atom stereocenters. The van der Waals surface area contributed by atoms with E-state index in [9.17, 15) is 4.79 Å². The van der Waals surface area contributed by atoms with Crippen LogP contribution in [-0.4, -0.2) is 38.4 Å². The van der Waals surface area contributed by atoms with Gasteiger partial charge in [-0.3, -0.25) is 4.79 Å². The van der Waals surface area contributed by atoms with Crippen molar-refractivity contribution in [2.75, 3.05) is 26.4 Å². The van der Waals surface area contributed by atoms with Gasteiger partial charge in [-0.2, -0.15) is 0 Å². The van der Waals surface area contributed by atoms with Gasteiger partial charge < -0.3 is 14.8 Å². The van der Waals surface area contributed by atoms with Crippen molar-refractivity contribution in [3.8, 4) is 0 Å². The van der Waals surface area contributed by atoms with Gasteiger partial charge in [0, 0.05) is 36.8 Å². The number of hydrogen-bond donors (Lipinski definition) is 1. The van der Waals surface area contributed by atoms with E-state index in [1.807, 2.05) is 25.1 Å². The molecule has 1 N–H and O–H groups in total. The summed E-state index contributed by atoms with van der Waals surface area (Å²) in [4.78, 5) is 12.9. The second kappa shape index (κ2) is 8.55. The Morgan fingerprint density at radius 2 is 2.12 bits per heavy atom. The van der Waals surface area contributed by atoms with Crippen LogP contribution in [0, 0.1) is 5.92 Å². The quantitative estimate of drug-likeness (QED) is 0.792. The number of hydrogen-bond acceptors (Lipinski definition) is 3. The second-order valence-corrected chi connectivity index (χ2v) is 7.94. The van der Waals surface area contributed by atoms with Crippen LogP contribution in [0.15, 0.2) is 36.4 Å². The average molecular weight is 378 g/mol. The molecule has 0 spiro atoms. The van der Waals surface area contributed by atoms with Gasteiger partial charge in [-0.15, -0.1) is 0 Å². The first-order valence-corrected chi connectivity index (χ1v) is 9.78. The lowest BCUT2D eigenvalue weighted by Crippen LogP contribution is -2.48. The molecule has 0 aromatic heterocycles. The predicted octanol–water partition coefficient (Wildman–Crippen LogP) is 3.88. The van der Waals surface area contributed by atoms with Crippen LogP contribution in [0.1, 0.15) is 38.2 Å². The number of rotatable bonds is 5. The lowest BCUT2D eigenvalue weighted by atomic mass is 9.74. The molecule has 1 aromatic rings. The summed E-state index contributed by atoms with van der Waals surface area (Å²) in [7, 11) is 0. The van der Waals surface area contributed by atoms with Crippen molar-refractivity contribution in [2.24, 2.45) is 5.92 Å². The normalized spacial score (nSPS) is 25.5. The molecule has 5 heteroatoms. The van der Waals surface area contributed by atoms with E-state index in [0.29, 0.717) is 26.4 Å². The Morgan fingerprint density at radius 1 is 1.35 bits per heavy atom. The Balaban J connectivity index is 1.73. The maximum Gasteiger partial charge on any atom is 0.226 e. The highest BCUT2D eigenvalue weighted by Crippen LogP contribution is 2.36. The van der Waals surface area contributed by atoms with Crippen molar-refractivity contribution in [2.45, 2.75) is 44.1 Å². The zero-order valence-corrected chi connectivity index (χ0v) is 16.2. The summed E-state index contributed by atoms with van der Waals surface area (Å²) in [6, 6.07) is 7.97. The highest BCUT2D eigenvalue weighted by atomic mass is 35.5. The minimum absolute atomic E-state index is 0.0607. The summed E-state index contributed by atoms with van der Waals surface area (Å²) in [6.07, 6.45) is 3.32. The molecular weight excluding hydrogens is 350 g/mol. The standard InChI is InChI=1S/C21H28ClNO3/c1-15(2)19-18(7-4-10-26-19)20(24)23-14-21(8-11-25-12-9-21)16-5-3-6-17(22)13-16/h3,5-6,13,18-19H,1,4,7-12,14H2,2H3,(H,23,24)/t18-,19-/m1/s1. The van der Waals surface area contributed by atoms with Gasteiger partial charge in [0.05, 0.1) is 12.0 Å². The molecule has 0 bridgehead atoms. The molecule has 2 aliphatic heterocycles. The molecule has 0 saturated carbocycles. The third kappa shape index (κ3) is 4.30. The molecular formula is C21H28ClNO3. The number of carbonyl (C=O) groups excluding carboxylic acids is 1. The first-order valence-electron chi connectivity index (χ1n) is 9.40. The number of ether oxygens (including phenoxy) is 2. The third-order valence-electron chi connectivity index (χ3n) is 5.63. The summed E-state index contributed by atoms with van der Waals surface area (Å²) >= 11 is 6.22. The topological polar surface area (TPSA) is 47.6 Å². The lowest BCUT2D eigenvalue weighted by molar-refractivity contribution is -0.132. The third-order valence-corrected chi connectivity index (χ3v) is 5.87. The Bertz CT molecular complexity index is 654. The molecule has 26 heavy (non-hydrogen) atoms. The predicted molar refractivity (Wildman–Crippen MR) is 103 cm³/mol. The summed E-state index contributed by atoms with van der Waals surface area (Å²) in [6.45, 7) is 8.62. The minimum atomic E-state index is -0.180. The van der Waals surface area contributed by atoms with Gasteiger partial charge in [0.1, 0.15) is 0 Å². The Labute approximate surface area is 160 Å². The SMILES string of the molecule is C=C(C)[C@H]1OCCC[C@H]1C(=O)NCC1(c2cccc(Cl)c2)CCOCC1. The Kier molecular flexibility index (Phi) is 6.38. The number of amides is 1. The molecule has 0 unspecified atom stereocenters. The smallest absolute Gasteiger partial charge is 0.226 e. The fourth-order valence-electron chi connectivity index (χ4n) is 4.07. The van der Waals surface area contributed by atoms with Gasteiger partial charge in [-0.25, -0.2) is 0 Å². The van der Waals surface area contributed by atoms with Gasteiger partial charge >= 0.3 is 0 Å². The molecule has 2 aliphatic rings. The van der Waals surface area contributed by atoms with Gasteiger partial charge in [-0.05, 0) is 50.3 Å². The van der Waals surface area contributed by atoms with E-state index in [0.717, 1.165) is 36.3 Å². The van der Waals surface area contributed by atoms with Crippen LogP contribution >= 0.6 is 11.6 Å². The molecule has 0 aliphatic carbocycles. The Morgan fingerprint density at radius 3 is 2.81 bits per heavy atom. The molecule has 4 nitrogen and oxygen atoms in total. The first-order chi connectivity index (χ1) is 12.5. The van der Waals surface area contributed by atoms with Gasteiger partial charge in [0.25, 0.3) is 0 Å². The summed E-state index contributed by atoms with van der Waals surface area (Å²) in [5, 5.41) is 3.93. The average Bonchev–Trinajstić information content (AvgIpc) is 2.67. The van der Waals surface area contributed by atoms with Crippen LogP contribution in [0.3, 0.4) is 0 Å². The highest BCUT2D eigenvalue weighted by molar-refractivity contribution is 6.30. The minimum Gasteiger partial charge on any atom is -0.381 e. The van der Waals surface area contributed by atoms with E-state index in [1.165, 1.54) is 5.56 Å². The van der Waals surface area contributed by atoms with E-state index >= 15 is 0 Å². The van der Waals surface area contributed by atoms with E-state index in [4.69, 9.17) is 21.1 Å². The first kappa shape index (κ1) is 19.4.